The second-order valence-corrected chi connectivity index (χ2v) is 5.19. The molecule has 1 heterocycles. The Morgan fingerprint density at radius 2 is 2.00 bits per heavy atom. The number of amides is 1. The number of rotatable bonds is 2. The zero-order chi connectivity index (χ0) is 13.1. The Labute approximate surface area is 112 Å². The van der Waals surface area contributed by atoms with Gasteiger partial charge in [-0.3, -0.25) is 4.79 Å². The molecule has 0 N–H and O–H groups in total. The third kappa shape index (κ3) is 2.83. The van der Waals surface area contributed by atoms with Crippen LogP contribution >= 0.6 is 11.6 Å². The van der Waals surface area contributed by atoms with Crippen molar-refractivity contribution in [3.63, 3.8) is 0 Å². The first-order valence-electron chi connectivity index (χ1n) is 6.28. The van der Waals surface area contributed by atoms with Crippen LogP contribution in [0.2, 0.25) is 0 Å². The molecular formula is C14H17ClFNO. The average molecular weight is 270 g/mol. The van der Waals surface area contributed by atoms with Gasteiger partial charge in [0.15, 0.2) is 0 Å². The standard InChI is InChI=1S/C14H17ClFNO/c1-10-5-6-11(9-12(10)16)13(15)14(18)17-7-3-2-4-8-17/h5-6,9,13H,2-4,7-8H2,1H3. The number of carbonyl (C=O) groups excluding carboxylic acids is 1. The third-order valence-electron chi connectivity index (χ3n) is 3.37. The lowest BCUT2D eigenvalue weighted by Gasteiger charge is -2.28. The summed E-state index contributed by atoms with van der Waals surface area (Å²) in [6.45, 7) is 3.21. The molecule has 2 rings (SSSR count). The van der Waals surface area contributed by atoms with Crippen molar-refractivity contribution in [3.8, 4) is 0 Å². The number of hydrogen-bond acceptors (Lipinski definition) is 1. The quantitative estimate of drug-likeness (QED) is 0.754. The third-order valence-corrected chi connectivity index (χ3v) is 3.81. The molecule has 1 aromatic carbocycles. The van der Waals surface area contributed by atoms with Crippen LogP contribution in [0, 0.1) is 12.7 Å². The van der Waals surface area contributed by atoms with Crippen molar-refractivity contribution < 1.29 is 9.18 Å². The maximum atomic E-state index is 13.5. The number of alkyl halides is 1. The minimum Gasteiger partial charge on any atom is -0.341 e. The summed E-state index contributed by atoms with van der Waals surface area (Å²) in [5.41, 5.74) is 1.10. The van der Waals surface area contributed by atoms with E-state index in [-0.39, 0.29) is 11.7 Å². The van der Waals surface area contributed by atoms with Gasteiger partial charge in [0.1, 0.15) is 11.2 Å². The van der Waals surface area contributed by atoms with E-state index in [1.807, 2.05) is 0 Å². The lowest BCUT2D eigenvalue weighted by atomic mass is 10.1. The Bertz CT molecular complexity index is 443. The number of aryl methyl sites for hydroxylation is 1. The van der Waals surface area contributed by atoms with Gasteiger partial charge in [0.25, 0.3) is 0 Å². The van der Waals surface area contributed by atoms with Gasteiger partial charge in [-0.25, -0.2) is 4.39 Å². The molecule has 0 aliphatic carbocycles. The predicted octanol–water partition coefficient (Wildman–Crippen LogP) is 3.43. The Morgan fingerprint density at radius 1 is 1.33 bits per heavy atom. The number of likely N-dealkylation sites (tertiary alicyclic amines) is 1. The van der Waals surface area contributed by atoms with Crippen LogP contribution in [0.15, 0.2) is 18.2 Å². The summed E-state index contributed by atoms with van der Waals surface area (Å²) in [5, 5.41) is -0.779. The number of hydrogen-bond donors (Lipinski definition) is 0. The second-order valence-electron chi connectivity index (χ2n) is 4.76. The Kier molecular flexibility index (Phi) is 4.23. The zero-order valence-electron chi connectivity index (χ0n) is 10.5. The highest BCUT2D eigenvalue weighted by Crippen LogP contribution is 2.26. The van der Waals surface area contributed by atoms with Crippen molar-refractivity contribution in [2.45, 2.75) is 31.6 Å². The van der Waals surface area contributed by atoms with Gasteiger partial charge in [0.2, 0.25) is 5.91 Å². The van der Waals surface area contributed by atoms with E-state index in [1.54, 1.807) is 24.0 Å². The zero-order valence-corrected chi connectivity index (χ0v) is 11.2. The van der Waals surface area contributed by atoms with Crippen molar-refractivity contribution in [1.82, 2.24) is 4.90 Å². The van der Waals surface area contributed by atoms with E-state index in [0.29, 0.717) is 11.1 Å². The van der Waals surface area contributed by atoms with Crippen molar-refractivity contribution in [2.75, 3.05) is 13.1 Å². The van der Waals surface area contributed by atoms with Crippen LogP contribution in [0.5, 0.6) is 0 Å². The van der Waals surface area contributed by atoms with E-state index in [0.717, 1.165) is 32.4 Å². The normalized spacial score (nSPS) is 17.6. The largest absolute Gasteiger partial charge is 0.341 e. The molecule has 1 atom stereocenters. The number of piperidine rings is 1. The van der Waals surface area contributed by atoms with E-state index in [4.69, 9.17) is 11.6 Å². The van der Waals surface area contributed by atoms with Crippen molar-refractivity contribution in [2.24, 2.45) is 0 Å². The summed E-state index contributed by atoms with van der Waals surface area (Å²) in [6.07, 6.45) is 3.21. The second kappa shape index (κ2) is 5.70. The molecule has 1 aliphatic rings. The van der Waals surface area contributed by atoms with E-state index >= 15 is 0 Å². The molecule has 1 saturated heterocycles. The van der Waals surface area contributed by atoms with Crippen LogP contribution < -0.4 is 0 Å². The molecule has 0 saturated carbocycles. The van der Waals surface area contributed by atoms with E-state index in [9.17, 15) is 9.18 Å². The monoisotopic (exact) mass is 269 g/mol. The summed E-state index contributed by atoms with van der Waals surface area (Å²) in [6, 6.07) is 4.73. The minimum absolute atomic E-state index is 0.111. The SMILES string of the molecule is Cc1ccc(C(Cl)C(=O)N2CCCCC2)cc1F. The molecule has 1 unspecified atom stereocenters. The van der Waals surface area contributed by atoms with Gasteiger partial charge in [-0.1, -0.05) is 12.1 Å². The Balaban J connectivity index is 2.11. The predicted molar refractivity (Wildman–Crippen MR) is 70.2 cm³/mol. The molecule has 1 aromatic rings. The fourth-order valence-corrected chi connectivity index (χ4v) is 2.46. The molecule has 0 aromatic heterocycles. The maximum Gasteiger partial charge on any atom is 0.245 e. The molecule has 1 amide bonds. The topological polar surface area (TPSA) is 20.3 Å². The minimum atomic E-state index is -0.779. The highest BCUT2D eigenvalue weighted by atomic mass is 35.5. The molecule has 18 heavy (non-hydrogen) atoms. The summed E-state index contributed by atoms with van der Waals surface area (Å²) < 4.78 is 13.5. The number of halogens is 2. The average Bonchev–Trinajstić information content (AvgIpc) is 2.41. The van der Waals surface area contributed by atoms with Gasteiger partial charge >= 0.3 is 0 Å². The van der Waals surface area contributed by atoms with Gasteiger partial charge in [0.05, 0.1) is 0 Å². The molecule has 4 heteroatoms. The summed E-state index contributed by atoms with van der Waals surface area (Å²) in [5.74, 6) is -0.427. The molecular weight excluding hydrogens is 253 g/mol. The smallest absolute Gasteiger partial charge is 0.245 e. The molecule has 0 spiro atoms. The fraction of sp³-hybridized carbons (Fsp3) is 0.500. The van der Waals surface area contributed by atoms with E-state index < -0.39 is 5.38 Å². The summed E-state index contributed by atoms with van der Waals surface area (Å²) >= 11 is 6.16. The lowest BCUT2D eigenvalue weighted by molar-refractivity contribution is -0.131. The first-order valence-corrected chi connectivity index (χ1v) is 6.72. The molecule has 1 fully saturated rings. The van der Waals surface area contributed by atoms with Crippen molar-refractivity contribution in [1.29, 1.82) is 0 Å². The van der Waals surface area contributed by atoms with E-state index in [2.05, 4.69) is 0 Å². The van der Waals surface area contributed by atoms with Crippen LogP contribution in [0.4, 0.5) is 4.39 Å². The fourth-order valence-electron chi connectivity index (χ4n) is 2.18. The summed E-state index contributed by atoms with van der Waals surface area (Å²) in [7, 11) is 0. The van der Waals surface area contributed by atoms with Gasteiger partial charge in [-0.2, -0.15) is 0 Å². The molecule has 2 nitrogen and oxygen atoms in total. The van der Waals surface area contributed by atoms with Crippen LogP contribution in [-0.4, -0.2) is 23.9 Å². The van der Waals surface area contributed by atoms with Crippen LogP contribution in [0.25, 0.3) is 0 Å². The Hall–Kier alpha value is -1.09. The van der Waals surface area contributed by atoms with Crippen LogP contribution in [0.3, 0.4) is 0 Å². The molecule has 0 bridgehead atoms. The number of carbonyl (C=O) groups is 1. The van der Waals surface area contributed by atoms with Crippen LogP contribution in [0.1, 0.15) is 35.8 Å². The molecule has 0 radical (unpaired) electrons. The Morgan fingerprint density at radius 3 is 2.61 bits per heavy atom. The van der Waals surface area contributed by atoms with Gasteiger partial charge in [-0.15, -0.1) is 11.6 Å². The molecule has 1 aliphatic heterocycles. The van der Waals surface area contributed by atoms with Crippen molar-refractivity contribution in [3.05, 3.63) is 35.1 Å². The number of nitrogens with zero attached hydrogens (tertiary/aromatic N) is 1. The summed E-state index contributed by atoms with van der Waals surface area (Å²) in [4.78, 5) is 13.9. The lowest BCUT2D eigenvalue weighted by Crippen LogP contribution is -2.37. The number of benzene rings is 1. The molecule has 98 valence electrons. The first-order chi connectivity index (χ1) is 8.59. The van der Waals surface area contributed by atoms with Gasteiger partial charge in [0, 0.05) is 13.1 Å². The van der Waals surface area contributed by atoms with Crippen molar-refractivity contribution >= 4 is 17.5 Å². The highest BCUT2D eigenvalue weighted by molar-refractivity contribution is 6.30. The maximum absolute atomic E-state index is 13.5. The highest BCUT2D eigenvalue weighted by Gasteiger charge is 2.25. The van der Waals surface area contributed by atoms with Gasteiger partial charge < -0.3 is 4.90 Å². The van der Waals surface area contributed by atoms with E-state index in [1.165, 1.54) is 6.07 Å². The first kappa shape index (κ1) is 13.3. The van der Waals surface area contributed by atoms with Crippen LogP contribution in [-0.2, 0) is 4.79 Å². The van der Waals surface area contributed by atoms with Gasteiger partial charge in [-0.05, 0) is 43.4 Å².